The standard InChI is InChI=1S/C22H28N4O4S/c27-22(24-17-18-8-11-25(12-9-18)21-3-1-2-10-23-21)19-4-6-20(7-5-19)31(28,29)26-13-15-30-16-14-26/h1-7,10,18H,8-9,11-17H2,(H,24,27). The van der Waals surface area contributed by atoms with E-state index < -0.39 is 10.0 Å². The molecule has 1 amide bonds. The fraction of sp³-hybridized carbons (Fsp3) is 0.455. The van der Waals surface area contributed by atoms with Crippen molar-refractivity contribution in [1.82, 2.24) is 14.6 Å². The van der Waals surface area contributed by atoms with Crippen LogP contribution in [0.4, 0.5) is 5.82 Å². The summed E-state index contributed by atoms with van der Waals surface area (Å²) in [5.74, 6) is 1.24. The second kappa shape index (κ2) is 9.76. The number of ether oxygens (including phenoxy) is 1. The summed E-state index contributed by atoms with van der Waals surface area (Å²) in [5, 5.41) is 3.00. The van der Waals surface area contributed by atoms with E-state index in [2.05, 4.69) is 15.2 Å². The Bertz CT molecular complexity index is 968. The van der Waals surface area contributed by atoms with Crippen LogP contribution in [0.3, 0.4) is 0 Å². The molecule has 2 aromatic rings. The minimum absolute atomic E-state index is 0.178. The number of hydrogen-bond donors (Lipinski definition) is 1. The zero-order valence-electron chi connectivity index (χ0n) is 17.4. The zero-order valence-corrected chi connectivity index (χ0v) is 18.3. The molecule has 4 rings (SSSR count). The predicted molar refractivity (Wildman–Crippen MR) is 118 cm³/mol. The van der Waals surface area contributed by atoms with Crippen molar-refractivity contribution in [1.29, 1.82) is 0 Å². The van der Waals surface area contributed by atoms with E-state index >= 15 is 0 Å². The molecule has 2 saturated heterocycles. The molecule has 0 aliphatic carbocycles. The molecule has 0 spiro atoms. The van der Waals surface area contributed by atoms with Crippen molar-refractivity contribution in [3.05, 3.63) is 54.2 Å². The second-order valence-corrected chi connectivity index (χ2v) is 9.81. The highest BCUT2D eigenvalue weighted by molar-refractivity contribution is 7.89. The van der Waals surface area contributed by atoms with Crippen molar-refractivity contribution in [2.45, 2.75) is 17.7 Å². The minimum Gasteiger partial charge on any atom is -0.379 e. The van der Waals surface area contributed by atoms with Gasteiger partial charge in [0.1, 0.15) is 5.82 Å². The van der Waals surface area contributed by atoms with E-state index in [-0.39, 0.29) is 10.8 Å². The van der Waals surface area contributed by atoms with Gasteiger partial charge in [-0.2, -0.15) is 4.31 Å². The molecule has 0 bridgehead atoms. The summed E-state index contributed by atoms with van der Waals surface area (Å²) in [6.45, 7) is 3.97. The van der Waals surface area contributed by atoms with Crippen LogP contribution in [0.15, 0.2) is 53.6 Å². The number of sulfonamides is 1. The zero-order chi connectivity index (χ0) is 21.7. The molecule has 8 nitrogen and oxygen atoms in total. The maximum Gasteiger partial charge on any atom is 0.251 e. The van der Waals surface area contributed by atoms with E-state index in [0.29, 0.717) is 44.3 Å². The number of piperidine rings is 1. The Morgan fingerprint density at radius 1 is 1.03 bits per heavy atom. The van der Waals surface area contributed by atoms with Gasteiger partial charge < -0.3 is 15.0 Å². The number of pyridine rings is 1. The van der Waals surface area contributed by atoms with Gasteiger partial charge in [-0.3, -0.25) is 4.79 Å². The molecule has 1 N–H and O–H groups in total. The van der Waals surface area contributed by atoms with Crippen LogP contribution in [-0.4, -0.2) is 69.6 Å². The van der Waals surface area contributed by atoms with Crippen LogP contribution in [0, 0.1) is 5.92 Å². The van der Waals surface area contributed by atoms with Gasteiger partial charge >= 0.3 is 0 Å². The predicted octanol–water partition coefficient (Wildman–Crippen LogP) is 1.75. The Hall–Kier alpha value is -2.49. The highest BCUT2D eigenvalue weighted by Crippen LogP contribution is 2.21. The quantitative estimate of drug-likeness (QED) is 0.730. The third kappa shape index (κ3) is 5.23. The van der Waals surface area contributed by atoms with Gasteiger partial charge in [-0.05, 0) is 55.2 Å². The lowest BCUT2D eigenvalue weighted by Crippen LogP contribution is -2.40. The van der Waals surface area contributed by atoms with Gasteiger partial charge in [-0.15, -0.1) is 0 Å². The topological polar surface area (TPSA) is 91.8 Å². The van der Waals surface area contributed by atoms with Crippen molar-refractivity contribution < 1.29 is 17.9 Å². The molecule has 2 aliphatic rings. The fourth-order valence-corrected chi connectivity index (χ4v) is 5.37. The van der Waals surface area contributed by atoms with Crippen LogP contribution in [0.1, 0.15) is 23.2 Å². The van der Waals surface area contributed by atoms with Gasteiger partial charge in [-0.25, -0.2) is 13.4 Å². The molecule has 2 aliphatic heterocycles. The van der Waals surface area contributed by atoms with Crippen LogP contribution < -0.4 is 10.2 Å². The van der Waals surface area contributed by atoms with E-state index in [4.69, 9.17) is 4.74 Å². The Balaban J connectivity index is 1.27. The van der Waals surface area contributed by atoms with Gasteiger partial charge in [0.25, 0.3) is 5.91 Å². The summed E-state index contributed by atoms with van der Waals surface area (Å²) < 4.78 is 32.0. The van der Waals surface area contributed by atoms with Gasteiger partial charge in [-0.1, -0.05) is 6.07 Å². The first-order valence-corrected chi connectivity index (χ1v) is 12.1. The molecule has 0 atom stereocenters. The lowest BCUT2D eigenvalue weighted by atomic mass is 9.96. The molecule has 1 aromatic heterocycles. The molecule has 0 radical (unpaired) electrons. The van der Waals surface area contributed by atoms with Gasteiger partial charge in [0.15, 0.2) is 0 Å². The lowest BCUT2D eigenvalue weighted by molar-refractivity contribution is 0.0730. The summed E-state index contributed by atoms with van der Waals surface area (Å²) >= 11 is 0. The van der Waals surface area contributed by atoms with E-state index in [1.54, 1.807) is 18.3 Å². The number of amides is 1. The first kappa shape index (κ1) is 21.7. The van der Waals surface area contributed by atoms with E-state index in [9.17, 15) is 13.2 Å². The number of nitrogens with one attached hydrogen (secondary N) is 1. The first-order chi connectivity index (χ1) is 15.0. The summed E-state index contributed by atoms with van der Waals surface area (Å²) in [6, 6.07) is 12.1. The number of aromatic nitrogens is 1. The minimum atomic E-state index is -3.55. The summed E-state index contributed by atoms with van der Waals surface area (Å²) in [7, 11) is -3.55. The summed E-state index contributed by atoms with van der Waals surface area (Å²) in [6.07, 6.45) is 3.79. The number of benzene rings is 1. The Kier molecular flexibility index (Phi) is 6.84. The first-order valence-electron chi connectivity index (χ1n) is 10.7. The van der Waals surface area contributed by atoms with E-state index in [1.807, 2.05) is 18.2 Å². The SMILES string of the molecule is O=C(NCC1CCN(c2ccccn2)CC1)c1ccc(S(=O)(=O)N2CCOCC2)cc1. The third-order valence-electron chi connectivity index (χ3n) is 5.86. The molecule has 2 fully saturated rings. The maximum atomic E-state index is 12.7. The Morgan fingerprint density at radius 3 is 2.39 bits per heavy atom. The molecule has 1 aromatic carbocycles. The number of rotatable bonds is 6. The number of anilines is 1. The highest BCUT2D eigenvalue weighted by Gasteiger charge is 2.26. The van der Waals surface area contributed by atoms with Gasteiger partial charge in [0, 0.05) is 44.5 Å². The molecule has 166 valence electrons. The van der Waals surface area contributed by atoms with Crippen LogP contribution in [0.5, 0.6) is 0 Å². The third-order valence-corrected chi connectivity index (χ3v) is 7.78. The number of nitrogens with zero attached hydrogens (tertiary/aromatic N) is 3. The maximum absolute atomic E-state index is 12.7. The second-order valence-electron chi connectivity index (χ2n) is 7.87. The van der Waals surface area contributed by atoms with Gasteiger partial charge in [0.2, 0.25) is 10.0 Å². The largest absolute Gasteiger partial charge is 0.379 e. The average Bonchev–Trinajstić information content (AvgIpc) is 2.84. The monoisotopic (exact) mass is 444 g/mol. The smallest absolute Gasteiger partial charge is 0.251 e. The number of morpholine rings is 1. The van der Waals surface area contributed by atoms with Crippen molar-refractivity contribution >= 4 is 21.7 Å². The molecule has 0 unspecified atom stereocenters. The molecular formula is C22H28N4O4S. The molecule has 0 saturated carbocycles. The van der Waals surface area contributed by atoms with E-state index in [0.717, 1.165) is 31.7 Å². The van der Waals surface area contributed by atoms with Crippen molar-refractivity contribution in [3.8, 4) is 0 Å². The number of carbonyl (C=O) groups is 1. The lowest BCUT2D eigenvalue weighted by Gasteiger charge is -2.32. The summed E-state index contributed by atoms with van der Waals surface area (Å²) in [4.78, 5) is 19.4. The highest BCUT2D eigenvalue weighted by atomic mass is 32.2. The van der Waals surface area contributed by atoms with Crippen LogP contribution >= 0.6 is 0 Å². The number of hydrogen-bond acceptors (Lipinski definition) is 6. The van der Waals surface area contributed by atoms with Crippen LogP contribution in [-0.2, 0) is 14.8 Å². The normalized spacial score (nSPS) is 18.6. The number of carbonyl (C=O) groups excluding carboxylic acids is 1. The average molecular weight is 445 g/mol. The molecular weight excluding hydrogens is 416 g/mol. The van der Waals surface area contributed by atoms with Crippen LogP contribution in [0.2, 0.25) is 0 Å². The molecule has 31 heavy (non-hydrogen) atoms. The van der Waals surface area contributed by atoms with Gasteiger partial charge in [0.05, 0.1) is 18.1 Å². The van der Waals surface area contributed by atoms with Crippen molar-refractivity contribution in [2.75, 3.05) is 50.8 Å². The van der Waals surface area contributed by atoms with Crippen molar-refractivity contribution in [2.24, 2.45) is 5.92 Å². The summed E-state index contributed by atoms with van der Waals surface area (Å²) in [5.41, 5.74) is 0.465. The Labute approximate surface area is 183 Å². The van der Waals surface area contributed by atoms with Crippen molar-refractivity contribution in [3.63, 3.8) is 0 Å². The van der Waals surface area contributed by atoms with Crippen LogP contribution in [0.25, 0.3) is 0 Å². The fourth-order valence-electron chi connectivity index (χ4n) is 3.96. The molecule has 3 heterocycles. The van der Waals surface area contributed by atoms with E-state index in [1.165, 1.54) is 16.4 Å². The molecule has 9 heteroatoms. The Morgan fingerprint density at radius 2 is 1.74 bits per heavy atom.